The van der Waals surface area contributed by atoms with Gasteiger partial charge in [0.2, 0.25) is 11.7 Å². The van der Waals surface area contributed by atoms with E-state index in [4.69, 9.17) is 11.6 Å². The van der Waals surface area contributed by atoms with E-state index >= 15 is 0 Å². The van der Waals surface area contributed by atoms with E-state index in [2.05, 4.69) is 15.4 Å². The topological polar surface area (TPSA) is 81.3 Å². The summed E-state index contributed by atoms with van der Waals surface area (Å²) < 4.78 is 2.89. The minimum Gasteiger partial charge on any atom is -0.355 e. The molecule has 0 aliphatic carbocycles. The first-order chi connectivity index (χ1) is 12.0. The van der Waals surface area contributed by atoms with Gasteiger partial charge in [0.25, 0.3) is 5.56 Å². The van der Waals surface area contributed by atoms with Gasteiger partial charge in [0.15, 0.2) is 5.82 Å². The molecule has 0 unspecified atom stereocenters. The fourth-order valence-corrected chi connectivity index (χ4v) is 2.61. The van der Waals surface area contributed by atoms with Gasteiger partial charge in [-0.1, -0.05) is 18.5 Å². The molecule has 0 saturated carbocycles. The van der Waals surface area contributed by atoms with Crippen LogP contribution in [0.2, 0.25) is 5.02 Å². The van der Waals surface area contributed by atoms with Gasteiger partial charge in [-0.05, 0) is 37.6 Å². The van der Waals surface area contributed by atoms with E-state index in [0.717, 1.165) is 12.0 Å². The van der Waals surface area contributed by atoms with Crippen LogP contribution in [-0.2, 0) is 11.3 Å². The first kappa shape index (κ1) is 17.2. The Kier molecular flexibility index (Phi) is 4.85. The maximum absolute atomic E-state index is 12.2. The quantitative estimate of drug-likeness (QED) is 0.756. The van der Waals surface area contributed by atoms with Gasteiger partial charge in [-0.15, -0.1) is 5.10 Å². The molecule has 1 N–H and O–H groups in total. The second kappa shape index (κ2) is 7.06. The van der Waals surface area contributed by atoms with Crippen molar-refractivity contribution in [2.24, 2.45) is 0 Å². The Balaban J connectivity index is 2.06. The lowest BCUT2D eigenvalue weighted by molar-refractivity contribution is -0.121. The van der Waals surface area contributed by atoms with Crippen LogP contribution in [0.25, 0.3) is 17.2 Å². The van der Waals surface area contributed by atoms with E-state index < -0.39 is 0 Å². The van der Waals surface area contributed by atoms with E-state index in [-0.39, 0.29) is 18.0 Å². The Morgan fingerprint density at radius 3 is 2.68 bits per heavy atom. The van der Waals surface area contributed by atoms with Gasteiger partial charge in [-0.2, -0.15) is 9.50 Å². The Morgan fingerprint density at radius 1 is 1.28 bits per heavy atom. The molecule has 0 atom stereocenters. The maximum Gasteiger partial charge on any atom is 0.275 e. The third-order valence-electron chi connectivity index (χ3n) is 3.77. The van der Waals surface area contributed by atoms with Crippen LogP contribution >= 0.6 is 11.6 Å². The van der Waals surface area contributed by atoms with Crippen molar-refractivity contribution in [1.82, 2.24) is 24.5 Å². The molecule has 0 aliphatic rings. The zero-order valence-electron chi connectivity index (χ0n) is 14.0. The van der Waals surface area contributed by atoms with Crippen LogP contribution < -0.4 is 10.9 Å². The Morgan fingerprint density at radius 2 is 2.00 bits per heavy atom. The lowest BCUT2D eigenvalue weighted by Gasteiger charge is -2.11. The molecular formula is C17H18ClN5O2. The normalized spacial score (nSPS) is 11.0. The van der Waals surface area contributed by atoms with E-state index in [9.17, 15) is 9.59 Å². The maximum atomic E-state index is 12.2. The Labute approximate surface area is 149 Å². The first-order valence-electron chi connectivity index (χ1n) is 7.99. The summed E-state index contributed by atoms with van der Waals surface area (Å²) in [5, 5.41) is 7.71. The van der Waals surface area contributed by atoms with Gasteiger partial charge in [0, 0.05) is 28.9 Å². The van der Waals surface area contributed by atoms with Crippen molar-refractivity contribution in [2.45, 2.75) is 26.8 Å². The molecule has 2 heterocycles. The number of aryl methyl sites for hydroxylation is 1. The van der Waals surface area contributed by atoms with Gasteiger partial charge in [-0.25, -0.2) is 0 Å². The van der Waals surface area contributed by atoms with Gasteiger partial charge in [0.05, 0.1) is 0 Å². The molecule has 2 aromatic heterocycles. The number of halogens is 1. The lowest BCUT2D eigenvalue weighted by Crippen LogP contribution is -2.30. The highest BCUT2D eigenvalue weighted by atomic mass is 35.5. The summed E-state index contributed by atoms with van der Waals surface area (Å²) in [6, 6.07) is 8.48. The highest BCUT2D eigenvalue weighted by molar-refractivity contribution is 6.30. The van der Waals surface area contributed by atoms with Gasteiger partial charge in [-0.3, -0.25) is 9.59 Å². The highest BCUT2D eigenvalue weighted by Crippen LogP contribution is 2.19. The average molecular weight is 360 g/mol. The van der Waals surface area contributed by atoms with Crippen molar-refractivity contribution in [3.63, 3.8) is 0 Å². The van der Waals surface area contributed by atoms with Crippen LogP contribution in [0.1, 0.15) is 19.0 Å². The summed E-state index contributed by atoms with van der Waals surface area (Å²) in [6.07, 6.45) is 0.857. The number of carbonyl (C=O) groups excluding carboxylic acids is 1. The number of amides is 1. The molecule has 0 aliphatic heterocycles. The van der Waals surface area contributed by atoms with Gasteiger partial charge in [0.1, 0.15) is 6.54 Å². The third-order valence-corrected chi connectivity index (χ3v) is 4.03. The zero-order valence-corrected chi connectivity index (χ0v) is 14.7. The summed E-state index contributed by atoms with van der Waals surface area (Å²) in [5.74, 6) is 0.607. The monoisotopic (exact) mass is 359 g/mol. The molecule has 0 radical (unpaired) electrons. The molecule has 0 saturated heterocycles. The van der Waals surface area contributed by atoms with Crippen LogP contribution in [0.15, 0.2) is 35.1 Å². The lowest BCUT2D eigenvalue weighted by atomic mass is 10.2. The molecule has 25 heavy (non-hydrogen) atoms. The minimum absolute atomic E-state index is 0.0777. The number of nitrogens with one attached hydrogen (secondary N) is 1. The summed E-state index contributed by atoms with van der Waals surface area (Å²) in [4.78, 5) is 28.8. The number of aromatic nitrogens is 4. The fourth-order valence-electron chi connectivity index (χ4n) is 2.48. The smallest absolute Gasteiger partial charge is 0.275 e. The number of nitrogens with zero attached hydrogens (tertiary/aromatic N) is 4. The van der Waals surface area contributed by atoms with Crippen molar-refractivity contribution in [1.29, 1.82) is 0 Å². The number of carbonyl (C=O) groups is 1. The van der Waals surface area contributed by atoms with Gasteiger partial charge >= 0.3 is 0 Å². The standard InChI is InChI=1S/C17H18ClN5O2/c1-3-8-19-14(24)10-22-11(2)9-15(25)23-17(22)20-16(21-23)12-4-6-13(18)7-5-12/h4-7,9H,3,8,10H2,1-2H3,(H,19,24). The molecule has 3 rings (SSSR count). The predicted octanol–water partition coefficient (Wildman–Crippen LogP) is 2.05. The van der Waals surface area contributed by atoms with Crippen molar-refractivity contribution < 1.29 is 4.79 Å². The molecule has 7 nitrogen and oxygen atoms in total. The molecule has 1 amide bonds. The summed E-state index contributed by atoms with van der Waals surface area (Å²) in [6.45, 7) is 4.44. The number of rotatable bonds is 5. The van der Waals surface area contributed by atoms with Crippen LogP contribution in [0.4, 0.5) is 0 Å². The fraction of sp³-hybridized carbons (Fsp3) is 0.294. The van der Waals surface area contributed by atoms with Crippen LogP contribution in [0, 0.1) is 6.92 Å². The molecule has 1 aromatic carbocycles. The highest BCUT2D eigenvalue weighted by Gasteiger charge is 2.15. The van der Waals surface area contributed by atoms with Crippen molar-refractivity contribution in [3.8, 4) is 11.4 Å². The summed E-state index contributed by atoms with van der Waals surface area (Å²) in [5.41, 5.74) is 1.11. The first-order valence-corrected chi connectivity index (χ1v) is 8.37. The van der Waals surface area contributed by atoms with E-state index in [1.165, 1.54) is 10.6 Å². The van der Waals surface area contributed by atoms with E-state index in [0.29, 0.717) is 28.9 Å². The SMILES string of the molecule is CCCNC(=O)Cn1c(C)cc(=O)n2nc(-c3ccc(Cl)cc3)nc12. The number of hydrogen-bond donors (Lipinski definition) is 1. The Bertz CT molecular complexity index is 975. The molecular weight excluding hydrogens is 342 g/mol. The molecule has 0 spiro atoms. The number of fused-ring (bicyclic) bond motifs is 1. The largest absolute Gasteiger partial charge is 0.355 e. The van der Waals surface area contributed by atoms with Crippen LogP contribution in [0.5, 0.6) is 0 Å². The molecule has 0 bridgehead atoms. The predicted molar refractivity (Wildman–Crippen MR) is 95.7 cm³/mol. The second-order valence-electron chi connectivity index (χ2n) is 5.71. The van der Waals surface area contributed by atoms with E-state index in [1.807, 2.05) is 6.92 Å². The van der Waals surface area contributed by atoms with Crippen LogP contribution in [0.3, 0.4) is 0 Å². The molecule has 3 aromatic rings. The molecule has 130 valence electrons. The van der Waals surface area contributed by atoms with Crippen molar-refractivity contribution in [3.05, 3.63) is 51.4 Å². The number of hydrogen-bond acceptors (Lipinski definition) is 4. The molecule has 8 heteroatoms. The zero-order chi connectivity index (χ0) is 18.0. The minimum atomic E-state index is -0.287. The number of benzene rings is 1. The summed E-state index contributed by atoms with van der Waals surface area (Å²) in [7, 11) is 0. The van der Waals surface area contributed by atoms with Gasteiger partial charge < -0.3 is 9.88 Å². The molecule has 0 fully saturated rings. The average Bonchev–Trinajstić information content (AvgIpc) is 3.03. The summed E-state index contributed by atoms with van der Waals surface area (Å²) >= 11 is 5.90. The van der Waals surface area contributed by atoms with Crippen molar-refractivity contribution in [2.75, 3.05) is 6.54 Å². The Hall–Kier alpha value is -2.67. The third kappa shape index (κ3) is 3.56. The van der Waals surface area contributed by atoms with Crippen molar-refractivity contribution >= 4 is 23.3 Å². The second-order valence-corrected chi connectivity index (χ2v) is 6.15. The van der Waals surface area contributed by atoms with E-state index in [1.54, 1.807) is 35.8 Å². The van der Waals surface area contributed by atoms with Crippen LogP contribution in [-0.4, -0.2) is 31.6 Å².